The maximum absolute atomic E-state index is 11.5. The fourth-order valence-corrected chi connectivity index (χ4v) is 4.28. The average molecular weight is 607 g/mol. The Morgan fingerprint density at radius 1 is 1.12 bits per heavy atom. The van der Waals surface area contributed by atoms with Crippen molar-refractivity contribution in [2.75, 3.05) is 6.26 Å². The van der Waals surface area contributed by atoms with E-state index >= 15 is 0 Å². The molecule has 1 atom stereocenters. The first-order valence-electron chi connectivity index (χ1n) is 11.4. The Bertz CT molecular complexity index is 1580. The van der Waals surface area contributed by atoms with Crippen LogP contribution in [0.25, 0.3) is 6.08 Å². The molecule has 210 valence electrons. The van der Waals surface area contributed by atoms with Gasteiger partial charge < -0.3 is 9.29 Å². The third-order valence-electron chi connectivity index (χ3n) is 5.10. The van der Waals surface area contributed by atoms with E-state index in [0.29, 0.717) is 24.4 Å². The van der Waals surface area contributed by atoms with Crippen LogP contribution in [0.5, 0.6) is 5.75 Å². The van der Waals surface area contributed by atoms with Crippen LogP contribution in [0, 0.1) is 20.2 Å². The highest BCUT2D eigenvalue weighted by Crippen LogP contribution is 2.35. The number of non-ortho nitro benzene ring substituents is 1. The van der Waals surface area contributed by atoms with E-state index in [2.05, 4.69) is 0 Å². The Hall–Kier alpha value is -4.11. The van der Waals surface area contributed by atoms with Gasteiger partial charge in [-0.05, 0) is 41.3 Å². The second-order valence-corrected chi connectivity index (χ2v) is 11.1. The molecule has 2 aromatic heterocycles. The lowest BCUT2D eigenvalue weighted by Crippen LogP contribution is -2.30. The maximum atomic E-state index is 11.5. The Kier molecular flexibility index (Phi) is 10.5. The lowest BCUT2D eigenvalue weighted by molar-refractivity contribution is -0.686. The molecule has 0 saturated heterocycles. The first-order chi connectivity index (χ1) is 18.9. The minimum absolute atomic E-state index is 0.0232. The Morgan fingerprint density at radius 3 is 2.42 bits per heavy atom. The number of nitro benzene ring substituents is 2. The molecule has 0 aliphatic rings. The van der Waals surface area contributed by atoms with Gasteiger partial charge in [-0.2, -0.15) is 0 Å². The lowest BCUT2D eigenvalue weighted by Gasteiger charge is -2.16. The van der Waals surface area contributed by atoms with Crippen molar-refractivity contribution >= 4 is 50.5 Å². The number of hydrogen-bond acceptors (Lipinski definition) is 9. The molecule has 15 heteroatoms. The molecule has 2 heterocycles. The first kappa shape index (κ1) is 30.4. The van der Waals surface area contributed by atoms with E-state index in [4.69, 9.17) is 29.3 Å². The van der Waals surface area contributed by atoms with Gasteiger partial charge in [0.1, 0.15) is 25.5 Å². The van der Waals surface area contributed by atoms with Gasteiger partial charge in [0.05, 0.1) is 26.0 Å². The minimum atomic E-state index is -3.92. The molecule has 0 aliphatic heterocycles. The summed E-state index contributed by atoms with van der Waals surface area (Å²) >= 11 is 7.38. The molecule has 0 aliphatic carbocycles. The Morgan fingerprint density at radius 2 is 1.82 bits per heavy atom. The number of nitrogens with zero attached hydrogens (tertiary/aromatic N) is 4. The van der Waals surface area contributed by atoms with Gasteiger partial charge in [0.15, 0.2) is 11.9 Å². The number of allylic oxidation sites excluding steroid dienone is 1. The minimum Gasteiger partial charge on any atom is -0.748 e. The molecule has 0 radical (unpaired) electrons. The third kappa shape index (κ3) is 9.89. The number of benzene rings is 2. The van der Waals surface area contributed by atoms with E-state index in [0.717, 1.165) is 16.5 Å². The van der Waals surface area contributed by atoms with E-state index in [1.165, 1.54) is 23.5 Å². The van der Waals surface area contributed by atoms with Crippen molar-refractivity contribution in [3.63, 3.8) is 0 Å². The van der Waals surface area contributed by atoms with Crippen LogP contribution < -0.4 is 9.30 Å². The van der Waals surface area contributed by atoms with Crippen LogP contribution in [0.2, 0.25) is 5.02 Å². The summed E-state index contributed by atoms with van der Waals surface area (Å²) in [4.78, 5) is 22.1. The Labute approximate surface area is 238 Å². The van der Waals surface area contributed by atoms with Crippen molar-refractivity contribution in [1.29, 1.82) is 0 Å². The second kappa shape index (κ2) is 13.8. The van der Waals surface area contributed by atoms with Gasteiger partial charge in [0.25, 0.3) is 5.69 Å². The number of thiophene rings is 1. The largest absolute Gasteiger partial charge is 0.748 e. The highest BCUT2D eigenvalue weighted by molar-refractivity contribution is 7.84. The summed E-state index contributed by atoms with van der Waals surface area (Å²) in [5.41, 5.74) is 0.232. The van der Waals surface area contributed by atoms with Gasteiger partial charge in [0.2, 0.25) is 6.33 Å². The predicted octanol–water partition coefficient (Wildman–Crippen LogP) is 5.00. The third-order valence-corrected chi connectivity index (χ3v) is 6.32. The van der Waals surface area contributed by atoms with Crippen molar-refractivity contribution < 1.29 is 32.1 Å². The van der Waals surface area contributed by atoms with E-state index in [9.17, 15) is 20.2 Å². The van der Waals surface area contributed by atoms with Crippen molar-refractivity contribution in [3.05, 3.63) is 120 Å². The van der Waals surface area contributed by atoms with E-state index in [1.807, 2.05) is 81.8 Å². The fraction of sp³-hybridized carbons (Fsp3) is 0.160. The fourth-order valence-electron chi connectivity index (χ4n) is 3.41. The summed E-state index contributed by atoms with van der Waals surface area (Å²) in [6, 6.07) is 14.7. The topological polar surface area (TPSA) is 162 Å². The maximum Gasteiger partial charge on any atom is 0.317 e. The van der Waals surface area contributed by atoms with Gasteiger partial charge in [-0.25, -0.2) is 17.6 Å². The molecule has 12 nitrogen and oxygen atoms in total. The quantitative estimate of drug-likeness (QED) is 0.105. The highest BCUT2D eigenvalue weighted by atomic mass is 35.5. The number of ether oxygens (including phenoxy) is 1. The lowest BCUT2D eigenvalue weighted by atomic mass is 10.2. The van der Waals surface area contributed by atoms with Crippen molar-refractivity contribution in [3.8, 4) is 5.75 Å². The summed E-state index contributed by atoms with van der Waals surface area (Å²) in [6.45, 7) is 1.04. The summed E-state index contributed by atoms with van der Waals surface area (Å²) < 4.78 is 37.2. The Balaban J connectivity index is 0.000000810. The molecule has 1 unspecified atom stereocenters. The molecule has 0 saturated carbocycles. The molecule has 4 aromatic rings. The monoisotopic (exact) mass is 606 g/mol. The van der Waals surface area contributed by atoms with Gasteiger partial charge in [0, 0.05) is 22.2 Å². The molecule has 0 fully saturated rings. The first-order valence-corrected chi connectivity index (χ1v) is 14.5. The van der Waals surface area contributed by atoms with Crippen molar-refractivity contribution in [1.82, 2.24) is 4.57 Å². The van der Waals surface area contributed by atoms with Crippen LogP contribution in [-0.2, 0) is 23.2 Å². The van der Waals surface area contributed by atoms with Crippen LogP contribution >= 0.6 is 22.9 Å². The molecular weight excluding hydrogens is 584 g/mol. The van der Waals surface area contributed by atoms with Crippen LogP contribution in [0.4, 0.5) is 11.4 Å². The summed E-state index contributed by atoms with van der Waals surface area (Å²) in [7, 11) is -3.92. The van der Waals surface area contributed by atoms with Crippen molar-refractivity contribution in [2.45, 2.75) is 19.2 Å². The van der Waals surface area contributed by atoms with E-state index in [-0.39, 0.29) is 11.4 Å². The second-order valence-electron chi connectivity index (χ2n) is 8.25. The number of aromatic nitrogens is 2. The molecule has 0 bridgehead atoms. The van der Waals surface area contributed by atoms with Gasteiger partial charge >= 0.3 is 5.69 Å². The van der Waals surface area contributed by atoms with Crippen LogP contribution in [0.15, 0.2) is 84.8 Å². The molecule has 40 heavy (non-hydrogen) atoms. The molecule has 4 rings (SSSR count). The molecule has 2 aromatic carbocycles. The number of rotatable bonds is 10. The average Bonchev–Trinajstić information content (AvgIpc) is 3.56. The van der Waals surface area contributed by atoms with Gasteiger partial charge in [-0.1, -0.05) is 35.9 Å². The van der Waals surface area contributed by atoms with Crippen LogP contribution in [0.1, 0.15) is 16.5 Å². The summed E-state index contributed by atoms with van der Waals surface area (Å²) in [6.07, 6.45) is 9.84. The molecule has 0 amide bonds. The number of nitro groups is 2. The molecule has 0 spiro atoms. The van der Waals surface area contributed by atoms with E-state index < -0.39 is 31.8 Å². The van der Waals surface area contributed by atoms with E-state index in [1.54, 1.807) is 0 Å². The standard InChI is InChI=1S/C24H20ClN4O5S.CH4O3S/c25-19-7-5-18(6-8-19)3-1-11-26-12-13-27(17-26)16-23(24-4-2-14-35-24)34-22-10-9-20(28(30)31)15-21(22)29(32)33;1-5(2,3)4/h1-10,12-15,17,23H,11,16H2;1H3,(H,2,3,4)/q+1;/p-1. The predicted molar refractivity (Wildman–Crippen MR) is 148 cm³/mol. The number of hydrogen-bond donors (Lipinski definition) is 0. The molecule has 0 N–H and O–H groups in total. The van der Waals surface area contributed by atoms with Gasteiger partial charge in [-0.15, -0.1) is 11.3 Å². The smallest absolute Gasteiger partial charge is 0.317 e. The summed E-state index contributed by atoms with van der Waals surface area (Å²) in [5.74, 6) is -0.0232. The van der Waals surface area contributed by atoms with Gasteiger partial charge in [-0.3, -0.25) is 20.2 Å². The van der Waals surface area contributed by atoms with Crippen molar-refractivity contribution in [2.24, 2.45) is 0 Å². The highest BCUT2D eigenvalue weighted by Gasteiger charge is 2.26. The molecular formula is C25H23ClN4O8S2. The number of halogens is 1. The zero-order valence-electron chi connectivity index (χ0n) is 20.9. The SMILES string of the molecule is CS(=O)(=O)[O-].O=[N+]([O-])c1ccc(OC(Cn2cc[n+](CC=Cc3ccc(Cl)cc3)c2)c2cccs2)c([N+](=O)[O-])c1. The zero-order valence-corrected chi connectivity index (χ0v) is 23.3. The van der Waals surface area contributed by atoms with Crippen LogP contribution in [-0.4, -0.2) is 33.6 Å². The number of imidazole rings is 1. The van der Waals surface area contributed by atoms with Crippen LogP contribution in [0.3, 0.4) is 0 Å². The normalized spacial score (nSPS) is 12.0. The zero-order chi connectivity index (χ0) is 29.3. The summed E-state index contributed by atoms with van der Waals surface area (Å²) in [5, 5.41) is 25.2.